The van der Waals surface area contributed by atoms with Crippen LogP contribution in [0.2, 0.25) is 0 Å². The van der Waals surface area contributed by atoms with E-state index >= 15 is 0 Å². The molecule has 9 nitrogen and oxygen atoms in total. The summed E-state index contributed by atoms with van der Waals surface area (Å²) in [5, 5.41) is 1.18. The van der Waals surface area contributed by atoms with E-state index in [4.69, 9.17) is 14.5 Å². The number of esters is 1. The predicted octanol–water partition coefficient (Wildman–Crippen LogP) is 4.68. The lowest BCUT2D eigenvalue weighted by Gasteiger charge is -2.13. The fourth-order valence-electron chi connectivity index (χ4n) is 3.95. The number of benzene rings is 2. The molecule has 2 heterocycles. The number of thioether (sulfide) groups is 1. The maximum atomic E-state index is 13.0. The van der Waals surface area contributed by atoms with Crippen LogP contribution < -0.4 is 5.56 Å². The molecule has 4 aromatic rings. The highest BCUT2D eigenvalue weighted by Crippen LogP contribution is 2.25. The zero-order valence-electron chi connectivity index (χ0n) is 20.7. The number of carbonyl (C=O) groups excluding carboxylic acids is 2. The predicted molar refractivity (Wildman–Crippen MR) is 140 cm³/mol. The summed E-state index contributed by atoms with van der Waals surface area (Å²) >= 11 is 1.50. The van der Waals surface area contributed by atoms with Crippen LogP contribution in [0.3, 0.4) is 0 Å². The van der Waals surface area contributed by atoms with E-state index < -0.39 is 6.09 Å². The third-order valence-corrected chi connectivity index (χ3v) is 6.90. The molecule has 0 spiro atoms. The third-order valence-electron chi connectivity index (χ3n) is 5.84. The van der Waals surface area contributed by atoms with Gasteiger partial charge in [0.1, 0.15) is 6.54 Å². The second-order valence-electron chi connectivity index (χ2n) is 8.34. The molecular weight excluding hydrogens is 480 g/mol. The Kier molecular flexibility index (Phi) is 8.14. The Morgan fingerprint density at radius 1 is 1.06 bits per heavy atom. The van der Waals surface area contributed by atoms with Gasteiger partial charge in [-0.3, -0.25) is 9.59 Å². The Labute approximate surface area is 213 Å². The van der Waals surface area contributed by atoms with Gasteiger partial charge >= 0.3 is 12.1 Å². The second-order valence-corrected chi connectivity index (χ2v) is 9.40. The molecule has 0 saturated carbocycles. The van der Waals surface area contributed by atoms with Crippen molar-refractivity contribution in [2.45, 2.75) is 58.0 Å². The molecule has 4 rings (SSSR count). The van der Waals surface area contributed by atoms with E-state index in [0.29, 0.717) is 34.8 Å². The summed E-state index contributed by atoms with van der Waals surface area (Å²) in [6.07, 6.45) is 0.624. The molecule has 1 atom stereocenters. The van der Waals surface area contributed by atoms with E-state index in [1.165, 1.54) is 21.1 Å². The van der Waals surface area contributed by atoms with Gasteiger partial charge in [0, 0.05) is 12.3 Å². The molecule has 36 heavy (non-hydrogen) atoms. The molecule has 0 N–H and O–H groups in total. The van der Waals surface area contributed by atoms with Crippen molar-refractivity contribution in [3.05, 3.63) is 58.9 Å². The first-order chi connectivity index (χ1) is 17.4. The largest absolute Gasteiger partial charge is 0.461 e. The Hall–Kier alpha value is -3.53. The van der Waals surface area contributed by atoms with Gasteiger partial charge in [0.15, 0.2) is 5.16 Å². The fourth-order valence-corrected chi connectivity index (χ4v) is 4.89. The minimum absolute atomic E-state index is 0.0732. The molecule has 0 radical (unpaired) electrons. The number of hydrogen-bond donors (Lipinski definition) is 0. The summed E-state index contributed by atoms with van der Waals surface area (Å²) in [4.78, 5) is 42.8. The number of aromatic nitrogens is 4. The average molecular weight is 511 g/mol. The Morgan fingerprint density at radius 3 is 2.53 bits per heavy atom. The van der Waals surface area contributed by atoms with Crippen LogP contribution in [0.1, 0.15) is 33.6 Å². The van der Waals surface area contributed by atoms with Gasteiger partial charge < -0.3 is 14.0 Å². The zero-order chi connectivity index (χ0) is 25.7. The second kappa shape index (κ2) is 11.5. The molecule has 0 amide bonds. The summed E-state index contributed by atoms with van der Waals surface area (Å²) < 4.78 is 15.3. The van der Waals surface area contributed by atoms with Crippen molar-refractivity contribution in [1.82, 2.24) is 18.9 Å². The standard InChI is InChI=1S/C26H30N4O5S/c1-4-18(3)35-23(31)17-28-22-14-9-7-12-20(22)27-25(28)36-16-10-15-29-24(32)19-11-6-8-13-21(19)30(29)26(33)34-5-2/h6-9,11-14,18H,4-5,10,15-17H2,1-3H3. The van der Waals surface area contributed by atoms with Gasteiger partial charge in [-0.15, -0.1) is 0 Å². The summed E-state index contributed by atoms with van der Waals surface area (Å²) in [7, 11) is 0. The van der Waals surface area contributed by atoms with Crippen LogP contribution in [0.4, 0.5) is 4.79 Å². The Balaban J connectivity index is 1.51. The van der Waals surface area contributed by atoms with Crippen LogP contribution >= 0.6 is 11.8 Å². The third kappa shape index (κ3) is 5.33. The Bertz CT molecular complexity index is 1440. The van der Waals surface area contributed by atoms with Gasteiger partial charge in [-0.25, -0.2) is 14.5 Å². The van der Waals surface area contributed by atoms with E-state index in [0.717, 1.165) is 17.5 Å². The highest BCUT2D eigenvalue weighted by atomic mass is 32.2. The van der Waals surface area contributed by atoms with Gasteiger partial charge in [0.2, 0.25) is 0 Å². The summed E-state index contributed by atoms with van der Waals surface area (Å²) in [5.41, 5.74) is 1.95. The van der Waals surface area contributed by atoms with E-state index in [9.17, 15) is 14.4 Å². The number of hydrogen-bond acceptors (Lipinski definition) is 7. The van der Waals surface area contributed by atoms with Crippen LogP contribution in [-0.2, 0) is 27.4 Å². The van der Waals surface area contributed by atoms with Crippen molar-refractivity contribution >= 4 is 45.8 Å². The van der Waals surface area contributed by atoms with E-state index in [2.05, 4.69) is 0 Å². The lowest BCUT2D eigenvalue weighted by molar-refractivity contribution is -0.149. The zero-order valence-corrected chi connectivity index (χ0v) is 21.5. The summed E-state index contributed by atoms with van der Waals surface area (Å²) in [5.74, 6) is 0.320. The van der Waals surface area contributed by atoms with Gasteiger partial charge in [0.05, 0.1) is 34.6 Å². The molecule has 0 fully saturated rings. The normalized spacial score (nSPS) is 12.2. The number of carbonyl (C=O) groups is 2. The molecule has 0 bridgehead atoms. The first kappa shape index (κ1) is 25.6. The monoisotopic (exact) mass is 510 g/mol. The first-order valence-electron chi connectivity index (χ1n) is 12.1. The number of nitrogens with zero attached hydrogens (tertiary/aromatic N) is 4. The van der Waals surface area contributed by atoms with Crippen molar-refractivity contribution in [3.63, 3.8) is 0 Å². The SMILES string of the molecule is CCOC(=O)n1c2ccccc2c(=O)n1CCCSc1nc2ccccc2n1CC(=O)OC(C)CC. The molecule has 0 saturated heterocycles. The molecule has 10 heteroatoms. The summed E-state index contributed by atoms with van der Waals surface area (Å²) in [6.45, 7) is 6.19. The molecule has 190 valence electrons. The van der Waals surface area contributed by atoms with E-state index in [-0.39, 0.29) is 30.8 Å². The smallest absolute Gasteiger partial charge is 0.433 e. The number of fused-ring (bicyclic) bond motifs is 2. The molecule has 2 aromatic carbocycles. The average Bonchev–Trinajstić information content (AvgIpc) is 3.36. The number of rotatable bonds is 10. The van der Waals surface area contributed by atoms with Gasteiger partial charge in [-0.2, -0.15) is 4.68 Å². The van der Waals surface area contributed by atoms with Crippen molar-refractivity contribution in [2.75, 3.05) is 12.4 Å². The molecule has 0 aliphatic carbocycles. The van der Waals surface area contributed by atoms with Crippen molar-refractivity contribution in [3.8, 4) is 0 Å². The molecule has 1 unspecified atom stereocenters. The van der Waals surface area contributed by atoms with Crippen LogP contribution in [0.15, 0.2) is 58.5 Å². The van der Waals surface area contributed by atoms with E-state index in [1.807, 2.05) is 42.7 Å². The molecule has 0 aliphatic rings. The molecular formula is C26H30N4O5S. The van der Waals surface area contributed by atoms with Gasteiger partial charge in [0.25, 0.3) is 5.56 Å². The lowest BCUT2D eigenvalue weighted by atomic mass is 10.2. The van der Waals surface area contributed by atoms with Gasteiger partial charge in [-0.05, 0) is 51.0 Å². The maximum absolute atomic E-state index is 13.0. The van der Waals surface area contributed by atoms with Crippen LogP contribution in [0, 0.1) is 0 Å². The fraction of sp³-hybridized carbons (Fsp3) is 0.385. The highest BCUT2D eigenvalue weighted by Gasteiger charge is 2.20. The number of imidazole rings is 1. The first-order valence-corrected chi connectivity index (χ1v) is 13.1. The quantitative estimate of drug-likeness (QED) is 0.174. The summed E-state index contributed by atoms with van der Waals surface area (Å²) in [6, 6.07) is 14.7. The van der Waals surface area contributed by atoms with Crippen LogP contribution in [0.25, 0.3) is 21.9 Å². The minimum Gasteiger partial charge on any atom is -0.461 e. The van der Waals surface area contributed by atoms with E-state index in [1.54, 1.807) is 31.2 Å². The van der Waals surface area contributed by atoms with Crippen LogP contribution in [-0.4, -0.2) is 49.4 Å². The lowest BCUT2D eigenvalue weighted by Crippen LogP contribution is -2.28. The van der Waals surface area contributed by atoms with Crippen molar-refractivity contribution in [2.24, 2.45) is 0 Å². The van der Waals surface area contributed by atoms with Crippen molar-refractivity contribution < 1.29 is 19.1 Å². The van der Waals surface area contributed by atoms with Crippen molar-refractivity contribution in [1.29, 1.82) is 0 Å². The topological polar surface area (TPSA) is 97.4 Å². The Morgan fingerprint density at radius 2 is 1.78 bits per heavy atom. The van der Waals surface area contributed by atoms with Gasteiger partial charge in [-0.1, -0.05) is 43.0 Å². The number of para-hydroxylation sites is 3. The number of ether oxygens (including phenoxy) is 2. The van der Waals surface area contributed by atoms with Crippen LogP contribution in [0.5, 0.6) is 0 Å². The molecule has 2 aromatic heterocycles. The highest BCUT2D eigenvalue weighted by molar-refractivity contribution is 7.99. The minimum atomic E-state index is -0.579. The maximum Gasteiger partial charge on any atom is 0.433 e. The molecule has 0 aliphatic heterocycles.